The third-order valence-corrected chi connectivity index (χ3v) is 4.90. The van der Waals surface area contributed by atoms with Gasteiger partial charge in [-0.3, -0.25) is 0 Å². The predicted octanol–water partition coefficient (Wildman–Crippen LogP) is 3.98. The molecule has 0 aliphatic carbocycles. The molecule has 2 unspecified atom stereocenters. The molecule has 1 aromatic carbocycles. The molecule has 1 aliphatic rings. The van der Waals surface area contributed by atoms with Gasteiger partial charge in [0.15, 0.2) is 0 Å². The van der Waals surface area contributed by atoms with Crippen LogP contribution in [0.2, 0.25) is 4.34 Å². The van der Waals surface area contributed by atoms with Crippen LogP contribution in [-0.4, -0.2) is 13.2 Å². The van der Waals surface area contributed by atoms with E-state index in [0.29, 0.717) is 6.61 Å². The Morgan fingerprint density at radius 2 is 2.05 bits per heavy atom. The summed E-state index contributed by atoms with van der Waals surface area (Å²) < 4.78 is 6.85. The summed E-state index contributed by atoms with van der Waals surface area (Å²) in [6.07, 6.45) is 0.106. The van der Waals surface area contributed by atoms with E-state index in [1.165, 1.54) is 10.4 Å². The van der Waals surface area contributed by atoms with Gasteiger partial charge in [0.1, 0.15) is 6.10 Å². The lowest BCUT2D eigenvalue weighted by molar-refractivity contribution is -0.0290. The first-order valence-corrected chi connectivity index (χ1v) is 7.54. The van der Waals surface area contributed by atoms with Gasteiger partial charge in [0, 0.05) is 11.4 Å². The van der Waals surface area contributed by atoms with E-state index in [0.717, 1.165) is 10.9 Å². The van der Waals surface area contributed by atoms with Crippen LogP contribution in [0.1, 0.15) is 23.5 Å². The molecule has 1 saturated heterocycles. The number of benzene rings is 1. The number of morpholine rings is 1. The summed E-state index contributed by atoms with van der Waals surface area (Å²) in [6.45, 7) is 3.65. The third kappa shape index (κ3) is 2.70. The lowest BCUT2D eigenvalue weighted by Gasteiger charge is -2.38. The highest BCUT2D eigenvalue weighted by Gasteiger charge is 2.33. The van der Waals surface area contributed by atoms with Crippen molar-refractivity contribution in [2.24, 2.45) is 0 Å². The van der Waals surface area contributed by atoms with Crippen LogP contribution in [0.3, 0.4) is 0 Å². The van der Waals surface area contributed by atoms with E-state index in [-0.39, 0.29) is 11.6 Å². The van der Waals surface area contributed by atoms with Crippen LogP contribution in [0.5, 0.6) is 0 Å². The van der Waals surface area contributed by atoms with Crippen LogP contribution >= 0.6 is 22.9 Å². The highest BCUT2D eigenvalue weighted by atomic mass is 35.5. The van der Waals surface area contributed by atoms with E-state index in [1.807, 2.05) is 18.2 Å². The summed E-state index contributed by atoms with van der Waals surface area (Å²) in [6, 6.07) is 14.4. The van der Waals surface area contributed by atoms with Gasteiger partial charge >= 0.3 is 0 Å². The first kappa shape index (κ1) is 13.1. The van der Waals surface area contributed by atoms with E-state index < -0.39 is 0 Å². The van der Waals surface area contributed by atoms with E-state index in [1.54, 1.807) is 11.3 Å². The summed E-state index contributed by atoms with van der Waals surface area (Å²) in [5.74, 6) is 0. The Kier molecular flexibility index (Phi) is 3.63. The quantitative estimate of drug-likeness (QED) is 0.904. The Morgan fingerprint density at radius 1 is 1.26 bits per heavy atom. The Morgan fingerprint density at radius 3 is 2.63 bits per heavy atom. The van der Waals surface area contributed by atoms with Gasteiger partial charge in [-0.1, -0.05) is 41.9 Å². The van der Waals surface area contributed by atoms with Gasteiger partial charge in [0.25, 0.3) is 0 Å². The number of hydrogen-bond donors (Lipinski definition) is 1. The molecule has 2 aromatic rings. The van der Waals surface area contributed by atoms with Crippen LogP contribution in [-0.2, 0) is 10.3 Å². The molecule has 1 aliphatic heterocycles. The minimum absolute atomic E-state index is 0.106. The van der Waals surface area contributed by atoms with E-state index in [9.17, 15) is 0 Å². The van der Waals surface area contributed by atoms with Gasteiger partial charge in [-0.25, -0.2) is 0 Å². The highest BCUT2D eigenvalue weighted by Crippen LogP contribution is 2.34. The van der Waals surface area contributed by atoms with Gasteiger partial charge in [-0.15, -0.1) is 11.3 Å². The SMILES string of the molecule is CC1(c2ccccc2)COC(c2ccc(Cl)s2)CN1. The van der Waals surface area contributed by atoms with Crippen LogP contribution in [0, 0.1) is 0 Å². The molecular weight excluding hydrogens is 278 g/mol. The molecule has 1 fully saturated rings. The molecule has 4 heteroatoms. The second kappa shape index (κ2) is 5.25. The largest absolute Gasteiger partial charge is 0.369 e. The second-order valence-corrected chi connectivity index (χ2v) is 6.77. The minimum Gasteiger partial charge on any atom is -0.369 e. The fraction of sp³-hybridized carbons (Fsp3) is 0.333. The van der Waals surface area contributed by atoms with Crippen molar-refractivity contribution in [1.29, 1.82) is 0 Å². The van der Waals surface area contributed by atoms with Crippen LogP contribution in [0.4, 0.5) is 0 Å². The zero-order valence-electron chi connectivity index (χ0n) is 10.7. The van der Waals surface area contributed by atoms with Gasteiger partial charge in [-0.2, -0.15) is 0 Å². The van der Waals surface area contributed by atoms with Gasteiger partial charge < -0.3 is 10.1 Å². The van der Waals surface area contributed by atoms with Crippen molar-refractivity contribution in [3.8, 4) is 0 Å². The normalized spacial score (nSPS) is 27.4. The van der Waals surface area contributed by atoms with E-state index >= 15 is 0 Å². The van der Waals surface area contributed by atoms with E-state index in [2.05, 4.69) is 36.5 Å². The first-order chi connectivity index (χ1) is 9.17. The molecule has 1 N–H and O–H groups in total. The number of hydrogen-bond acceptors (Lipinski definition) is 3. The van der Waals surface area contributed by atoms with Gasteiger partial charge in [0.05, 0.1) is 16.5 Å². The summed E-state index contributed by atoms with van der Waals surface area (Å²) in [5, 5.41) is 3.61. The smallest absolute Gasteiger partial charge is 0.104 e. The molecule has 3 rings (SSSR count). The number of thiophene rings is 1. The molecule has 2 atom stereocenters. The Labute approximate surface area is 122 Å². The molecule has 2 nitrogen and oxygen atoms in total. The Hall–Kier alpha value is -0.870. The molecule has 0 bridgehead atoms. The average molecular weight is 294 g/mol. The number of halogens is 1. The maximum atomic E-state index is 6.04. The predicted molar refractivity (Wildman–Crippen MR) is 79.8 cm³/mol. The van der Waals surface area contributed by atoms with Crippen molar-refractivity contribution in [1.82, 2.24) is 5.32 Å². The van der Waals surface area contributed by atoms with Crippen molar-refractivity contribution < 1.29 is 4.74 Å². The molecule has 1 aromatic heterocycles. The molecule has 2 heterocycles. The fourth-order valence-corrected chi connectivity index (χ4v) is 3.48. The van der Waals surface area contributed by atoms with Crippen molar-refractivity contribution in [3.63, 3.8) is 0 Å². The molecule has 0 radical (unpaired) electrons. The molecular formula is C15H16ClNOS. The van der Waals surface area contributed by atoms with Crippen LogP contribution in [0.15, 0.2) is 42.5 Å². The zero-order valence-corrected chi connectivity index (χ0v) is 12.3. The van der Waals surface area contributed by atoms with Crippen molar-refractivity contribution >= 4 is 22.9 Å². The monoisotopic (exact) mass is 293 g/mol. The molecule has 0 amide bonds. The molecule has 0 saturated carbocycles. The summed E-state index contributed by atoms with van der Waals surface area (Å²) in [5.41, 5.74) is 1.15. The summed E-state index contributed by atoms with van der Waals surface area (Å²) in [4.78, 5) is 1.19. The third-order valence-electron chi connectivity index (χ3n) is 3.57. The topological polar surface area (TPSA) is 21.3 Å². The Bertz CT molecular complexity index is 546. The van der Waals surface area contributed by atoms with Gasteiger partial charge in [0.2, 0.25) is 0 Å². The highest BCUT2D eigenvalue weighted by molar-refractivity contribution is 7.16. The van der Waals surface area contributed by atoms with Crippen molar-refractivity contribution in [2.75, 3.05) is 13.2 Å². The van der Waals surface area contributed by atoms with Crippen molar-refractivity contribution in [3.05, 3.63) is 57.2 Å². The lowest BCUT2D eigenvalue weighted by Crippen LogP contribution is -2.50. The number of ether oxygens (including phenoxy) is 1. The standard InChI is InChI=1S/C15H16ClNOS/c1-15(11-5-3-2-4-6-11)10-18-12(9-17-15)13-7-8-14(16)19-13/h2-8,12,17H,9-10H2,1H3. The summed E-state index contributed by atoms with van der Waals surface area (Å²) in [7, 11) is 0. The zero-order chi connectivity index (χ0) is 13.3. The van der Waals surface area contributed by atoms with Gasteiger partial charge in [-0.05, 0) is 24.6 Å². The second-order valence-electron chi connectivity index (χ2n) is 5.02. The number of nitrogens with one attached hydrogen (secondary N) is 1. The van der Waals surface area contributed by atoms with E-state index in [4.69, 9.17) is 16.3 Å². The first-order valence-electron chi connectivity index (χ1n) is 6.35. The average Bonchev–Trinajstić information content (AvgIpc) is 2.87. The molecule has 100 valence electrons. The van der Waals surface area contributed by atoms with Crippen LogP contribution < -0.4 is 5.32 Å². The lowest BCUT2D eigenvalue weighted by atomic mass is 9.91. The maximum Gasteiger partial charge on any atom is 0.104 e. The summed E-state index contributed by atoms with van der Waals surface area (Å²) >= 11 is 7.56. The van der Waals surface area contributed by atoms with Crippen molar-refractivity contribution in [2.45, 2.75) is 18.6 Å². The maximum absolute atomic E-state index is 6.04. The number of rotatable bonds is 2. The van der Waals surface area contributed by atoms with Crippen LogP contribution in [0.25, 0.3) is 0 Å². The molecule has 0 spiro atoms. The minimum atomic E-state index is -0.112. The fourth-order valence-electron chi connectivity index (χ4n) is 2.37. The Balaban J connectivity index is 1.72. The molecule has 19 heavy (non-hydrogen) atoms.